The number of rotatable bonds is 9. The maximum atomic E-state index is 11.0. The van der Waals surface area contributed by atoms with E-state index in [0.717, 1.165) is 103 Å². The van der Waals surface area contributed by atoms with Crippen LogP contribution in [0.15, 0.2) is 189 Å². The Morgan fingerprint density at radius 2 is 0.786 bits per heavy atom. The first-order valence-electron chi connectivity index (χ1n) is 18.1. The van der Waals surface area contributed by atoms with Gasteiger partial charge in [0, 0.05) is 84.4 Å². The average Bonchev–Trinajstić information content (AvgIpc) is 4.06. The molecule has 10 nitrogen and oxygen atoms in total. The quantitative estimate of drug-likeness (QED) is 0.200. The molecule has 9 rings (SSSR count). The summed E-state index contributed by atoms with van der Waals surface area (Å²) in [6.07, 6.45) is 32.6. The van der Waals surface area contributed by atoms with Crippen molar-refractivity contribution in [3.63, 3.8) is 0 Å². The zero-order chi connectivity index (χ0) is 37.1. The number of nitrogens with zero attached hydrogens (tertiary/aromatic N) is 8. The van der Waals surface area contributed by atoms with Gasteiger partial charge < -0.3 is 17.5 Å². The van der Waals surface area contributed by atoms with Crippen molar-refractivity contribution in [2.75, 3.05) is 0 Å². The molecular weight excluding hydrogens is 720 g/mol. The molecule has 0 fully saturated rings. The molecule has 0 saturated carbocycles. The Labute approximate surface area is 329 Å². The fourth-order valence-electron chi connectivity index (χ4n) is 7.17. The van der Waals surface area contributed by atoms with Crippen molar-refractivity contribution in [2.45, 2.75) is 25.8 Å². The first-order valence-corrected chi connectivity index (χ1v) is 18.1. The van der Waals surface area contributed by atoms with E-state index in [1.54, 1.807) is 37.2 Å². The Balaban J connectivity index is 0.00000441. The fourth-order valence-corrected chi connectivity index (χ4v) is 7.17. The number of carbonyl (C=O) groups is 1. The molecule has 1 N–H and O–H groups in total. The molecular formula is C45H33ClN8O2. The topological polar surface area (TPSA) is 129 Å². The number of carboxylic acid groups (broad SMARTS) is 1. The molecule has 0 amide bonds. The normalized spacial score (nSPS) is 16.7. The van der Waals surface area contributed by atoms with Gasteiger partial charge in [0.05, 0.1) is 45.6 Å². The highest BCUT2D eigenvalue weighted by molar-refractivity contribution is 6.39. The van der Waals surface area contributed by atoms with Crippen molar-refractivity contribution < 1.29 is 26.9 Å². The maximum Gasteiger partial charge on any atom is 0.303 e. The van der Waals surface area contributed by atoms with Crippen LogP contribution in [0.3, 0.4) is 0 Å². The molecule has 5 aliphatic rings. The van der Waals surface area contributed by atoms with E-state index < -0.39 is 5.97 Å². The van der Waals surface area contributed by atoms with Gasteiger partial charge in [0.25, 0.3) is 0 Å². The minimum atomic E-state index is -0.772. The lowest BCUT2D eigenvalue weighted by Gasteiger charge is -2.12. The van der Waals surface area contributed by atoms with Crippen LogP contribution in [0.5, 0.6) is 0 Å². The number of aliphatic imine (C=N–C) groups is 4. The van der Waals surface area contributed by atoms with Crippen LogP contribution in [0, 0.1) is 0 Å². The summed E-state index contributed by atoms with van der Waals surface area (Å²) in [7, 11) is 0. The summed E-state index contributed by atoms with van der Waals surface area (Å²) in [4.78, 5) is 45.1. The number of unbranched alkanes of at least 4 members (excludes halogenated alkanes) is 1. The van der Waals surface area contributed by atoms with Crippen molar-refractivity contribution >= 4 is 51.1 Å². The van der Waals surface area contributed by atoms with Crippen molar-refractivity contribution in [3.05, 3.63) is 192 Å². The summed E-state index contributed by atoms with van der Waals surface area (Å²) < 4.78 is 2.08. The number of hydrogen-bond acceptors (Lipinski definition) is 8. The van der Waals surface area contributed by atoms with Gasteiger partial charge in [-0.2, -0.15) is 0 Å². The second-order valence-electron chi connectivity index (χ2n) is 13.2. The van der Waals surface area contributed by atoms with Crippen LogP contribution >= 0.6 is 0 Å². The molecule has 0 aromatic carbocycles. The third-order valence-corrected chi connectivity index (χ3v) is 9.75. The largest absolute Gasteiger partial charge is 1.00 e. The zero-order valence-corrected chi connectivity index (χ0v) is 30.8. The number of hydrogen-bond donors (Lipinski definition) is 1. The molecule has 0 unspecified atom stereocenters. The molecule has 0 radical (unpaired) electrons. The van der Waals surface area contributed by atoms with Gasteiger partial charge in [-0.15, -0.1) is 0 Å². The van der Waals surface area contributed by atoms with E-state index in [1.807, 2.05) is 97.4 Å². The molecule has 56 heavy (non-hydrogen) atoms. The van der Waals surface area contributed by atoms with E-state index in [-0.39, 0.29) is 18.8 Å². The number of allylic oxidation sites excluding steroid dienone is 12. The molecule has 4 aromatic heterocycles. The van der Waals surface area contributed by atoms with E-state index in [1.165, 1.54) is 0 Å². The van der Waals surface area contributed by atoms with Crippen LogP contribution in [0.4, 0.5) is 0 Å². The Bertz CT molecular complexity index is 2590. The van der Waals surface area contributed by atoms with Crippen LogP contribution in [0.25, 0.3) is 22.3 Å². The summed E-state index contributed by atoms with van der Waals surface area (Å²) >= 11 is 0. The predicted octanol–water partition coefficient (Wildman–Crippen LogP) is 4.42. The standard InChI is InChI=1S/C45H32N8O2.ClH/c54-41(55)3-1-2-26-53-27-18-32(19-28-53)45-39-10-8-37(51-39)43(30-14-22-47-23-15-30)35-6-4-33(49-35)42(29-12-20-46-21-13-29)34-5-7-36(50-34)44(31-16-24-48-25-17-31)38-9-11-40(45)52-38;/h4-25,27-28H,1-3,26H2;1H. The second kappa shape index (κ2) is 15.7. The van der Waals surface area contributed by atoms with Gasteiger partial charge >= 0.3 is 5.97 Å². The highest BCUT2D eigenvalue weighted by atomic mass is 35.5. The Kier molecular flexibility index (Phi) is 10.1. The van der Waals surface area contributed by atoms with Crippen LogP contribution < -0.4 is 17.0 Å². The van der Waals surface area contributed by atoms with Crippen molar-refractivity contribution in [3.8, 4) is 0 Å². The van der Waals surface area contributed by atoms with Gasteiger partial charge in [0.1, 0.15) is 6.54 Å². The summed E-state index contributed by atoms with van der Waals surface area (Å²) in [5, 5.41) is 9.06. The molecule has 0 atom stereocenters. The molecule has 11 heteroatoms. The maximum absolute atomic E-state index is 11.0. The van der Waals surface area contributed by atoms with E-state index in [2.05, 4.69) is 31.7 Å². The number of fused-ring (bicyclic) bond motifs is 4. The van der Waals surface area contributed by atoms with Crippen LogP contribution in [0.2, 0.25) is 0 Å². The first-order chi connectivity index (χ1) is 27.1. The summed E-state index contributed by atoms with van der Waals surface area (Å²) in [5.74, 6) is -0.772. The minimum absolute atomic E-state index is 0. The Morgan fingerprint density at radius 3 is 1.11 bits per heavy atom. The van der Waals surface area contributed by atoms with Gasteiger partial charge in [0.15, 0.2) is 12.4 Å². The smallest absolute Gasteiger partial charge is 0.303 e. The van der Waals surface area contributed by atoms with Crippen LogP contribution in [-0.4, -0.2) is 48.9 Å². The Hall–Kier alpha value is -7.04. The van der Waals surface area contributed by atoms with E-state index >= 15 is 0 Å². The van der Waals surface area contributed by atoms with Crippen molar-refractivity contribution in [2.24, 2.45) is 20.0 Å². The summed E-state index contributed by atoms with van der Waals surface area (Å²) in [6.45, 7) is 0.721. The molecule has 8 bridgehead atoms. The van der Waals surface area contributed by atoms with Gasteiger partial charge in [-0.25, -0.2) is 24.5 Å². The fraction of sp³-hybridized carbons (Fsp3) is 0.0889. The summed E-state index contributed by atoms with van der Waals surface area (Å²) in [6, 6.07) is 16.0. The number of aryl methyl sites for hydroxylation is 1. The predicted molar refractivity (Wildman–Crippen MR) is 215 cm³/mol. The van der Waals surface area contributed by atoms with Crippen molar-refractivity contribution in [1.29, 1.82) is 0 Å². The second-order valence-corrected chi connectivity index (χ2v) is 13.2. The SMILES string of the molecule is O=C(O)CCCC[n+]1ccc(C2=C3C=CC(=N3)C(c3ccncc3)=C3C=CC(=N3)C(c3ccncc3)=C3C=CC(=N3)C(c3ccncc3)=C3C=CC2=N3)cc1.[Cl-]. The third kappa shape index (κ3) is 7.13. The number of aromatic nitrogens is 4. The van der Waals surface area contributed by atoms with E-state index in [9.17, 15) is 4.79 Å². The van der Waals surface area contributed by atoms with Gasteiger partial charge in [0.2, 0.25) is 0 Å². The molecule has 9 heterocycles. The third-order valence-electron chi connectivity index (χ3n) is 9.75. The van der Waals surface area contributed by atoms with Gasteiger partial charge in [-0.3, -0.25) is 19.7 Å². The molecule has 272 valence electrons. The number of aliphatic carboxylic acids is 1. The highest BCUT2D eigenvalue weighted by Gasteiger charge is 2.27. The number of carboxylic acids is 1. The monoisotopic (exact) mass is 752 g/mol. The average molecular weight is 753 g/mol. The lowest BCUT2D eigenvalue weighted by Crippen LogP contribution is -3.00. The minimum Gasteiger partial charge on any atom is -1.00 e. The molecule has 4 aromatic rings. The lowest BCUT2D eigenvalue weighted by molar-refractivity contribution is -0.697. The van der Waals surface area contributed by atoms with E-state index in [0.29, 0.717) is 6.42 Å². The number of halogens is 1. The number of pyridine rings is 4. The zero-order valence-electron chi connectivity index (χ0n) is 30.0. The molecule has 0 saturated heterocycles. The highest BCUT2D eigenvalue weighted by Crippen LogP contribution is 2.38. The van der Waals surface area contributed by atoms with E-state index in [4.69, 9.17) is 25.1 Å². The Morgan fingerprint density at radius 1 is 0.464 bits per heavy atom. The van der Waals surface area contributed by atoms with Crippen LogP contribution in [-0.2, 0) is 11.3 Å². The van der Waals surface area contributed by atoms with Crippen molar-refractivity contribution in [1.82, 2.24) is 15.0 Å². The molecule has 5 aliphatic heterocycles. The summed E-state index contributed by atoms with van der Waals surface area (Å²) in [5.41, 5.74) is 13.5. The van der Waals surface area contributed by atoms with Gasteiger partial charge in [-0.1, -0.05) is 0 Å². The lowest BCUT2D eigenvalue weighted by atomic mass is 9.99. The first kappa shape index (κ1) is 36.0. The molecule has 0 spiro atoms. The van der Waals surface area contributed by atoms with Crippen LogP contribution in [0.1, 0.15) is 41.5 Å². The van der Waals surface area contributed by atoms with Gasteiger partial charge in [-0.05, 0) is 114 Å². The molecule has 0 aliphatic carbocycles.